The third-order valence-electron chi connectivity index (χ3n) is 3.03. The van der Waals surface area contributed by atoms with Crippen molar-refractivity contribution < 1.29 is 22.7 Å². The van der Waals surface area contributed by atoms with Gasteiger partial charge in [-0.3, -0.25) is 4.79 Å². The van der Waals surface area contributed by atoms with E-state index in [0.717, 1.165) is 6.92 Å². The van der Waals surface area contributed by atoms with Crippen molar-refractivity contribution in [2.24, 2.45) is 5.92 Å². The minimum atomic E-state index is -4.55. The van der Waals surface area contributed by atoms with Gasteiger partial charge in [-0.1, -0.05) is 43.4 Å². The molecule has 2 nitrogen and oxygen atoms in total. The first kappa shape index (κ1) is 18.1. The van der Waals surface area contributed by atoms with Crippen LogP contribution < -0.4 is 0 Å². The molecule has 120 valence electrons. The Balaban J connectivity index is 3.03. The molecule has 0 aliphatic rings. The summed E-state index contributed by atoms with van der Waals surface area (Å²) < 4.78 is 44.6. The number of carbonyl (C=O) groups excluding carboxylic acids is 1. The summed E-state index contributed by atoms with van der Waals surface area (Å²) in [5, 5.41) is 0. The van der Waals surface area contributed by atoms with Crippen LogP contribution in [0.5, 0.6) is 0 Å². The highest BCUT2D eigenvalue weighted by atomic mass is 19.4. The van der Waals surface area contributed by atoms with Crippen molar-refractivity contribution in [1.29, 1.82) is 0 Å². The summed E-state index contributed by atoms with van der Waals surface area (Å²) in [6.45, 7) is 2.97. The number of hydrogen-bond donors (Lipinski definition) is 0. The van der Waals surface area contributed by atoms with E-state index >= 15 is 0 Å². The van der Waals surface area contributed by atoms with Gasteiger partial charge in [-0.15, -0.1) is 0 Å². The maximum absolute atomic E-state index is 13.3. The van der Waals surface area contributed by atoms with E-state index in [2.05, 4.69) is 11.8 Å². The van der Waals surface area contributed by atoms with E-state index < -0.39 is 24.2 Å². The lowest BCUT2D eigenvalue weighted by molar-refractivity contribution is -0.193. The first-order valence-electron chi connectivity index (χ1n) is 7.15. The topological polar surface area (TPSA) is 26.3 Å². The Kier molecular flexibility index (Phi) is 6.97. The van der Waals surface area contributed by atoms with Crippen LogP contribution in [0.3, 0.4) is 0 Å². The average Bonchev–Trinajstić information content (AvgIpc) is 2.44. The summed E-state index contributed by atoms with van der Waals surface area (Å²) in [6, 6.07) is 8.43. The Morgan fingerprint density at radius 2 is 1.91 bits per heavy atom. The maximum Gasteiger partial charge on any atom is 0.406 e. The number of esters is 1. The molecule has 0 aliphatic carbocycles. The fourth-order valence-electron chi connectivity index (χ4n) is 1.98. The molecule has 0 heterocycles. The summed E-state index contributed by atoms with van der Waals surface area (Å²) in [7, 11) is 0. The van der Waals surface area contributed by atoms with Gasteiger partial charge in [0, 0.05) is 12.5 Å². The highest BCUT2D eigenvalue weighted by molar-refractivity contribution is 5.66. The molecule has 0 aliphatic heterocycles. The molecule has 0 spiro atoms. The number of halogens is 3. The highest BCUT2D eigenvalue weighted by Crippen LogP contribution is 2.32. The lowest BCUT2D eigenvalue weighted by atomic mass is 9.97. The van der Waals surface area contributed by atoms with Crippen LogP contribution in [0.25, 0.3) is 0 Å². The predicted octanol–water partition coefficient (Wildman–Crippen LogP) is 4.34. The Morgan fingerprint density at radius 3 is 2.41 bits per heavy atom. The minimum Gasteiger partial charge on any atom is -0.461 e. The molecule has 1 rings (SSSR count). The van der Waals surface area contributed by atoms with Gasteiger partial charge >= 0.3 is 12.1 Å². The Labute approximate surface area is 128 Å². The Bertz CT molecular complexity index is 526. The SMILES string of the molecule is CCCC[C@H](OC(C)=O)[C@H](C#Cc1ccccc1)C(F)(F)F. The number of ether oxygens (including phenoxy) is 1. The molecule has 0 radical (unpaired) electrons. The van der Waals surface area contributed by atoms with Crippen molar-refractivity contribution in [2.45, 2.75) is 45.4 Å². The fourth-order valence-corrected chi connectivity index (χ4v) is 1.98. The lowest BCUT2D eigenvalue weighted by Crippen LogP contribution is -2.36. The van der Waals surface area contributed by atoms with Gasteiger partial charge < -0.3 is 4.74 Å². The Hall–Kier alpha value is -1.96. The number of hydrogen-bond acceptors (Lipinski definition) is 2. The van der Waals surface area contributed by atoms with Crippen molar-refractivity contribution >= 4 is 5.97 Å². The molecule has 0 N–H and O–H groups in total. The summed E-state index contributed by atoms with van der Waals surface area (Å²) in [5.74, 6) is 2.05. The quantitative estimate of drug-likeness (QED) is 0.597. The third kappa shape index (κ3) is 6.21. The van der Waals surface area contributed by atoms with Crippen molar-refractivity contribution in [3.63, 3.8) is 0 Å². The van der Waals surface area contributed by atoms with Gasteiger partial charge in [0.25, 0.3) is 0 Å². The summed E-state index contributed by atoms with van der Waals surface area (Å²) >= 11 is 0. The van der Waals surface area contributed by atoms with Gasteiger partial charge in [0.15, 0.2) is 5.92 Å². The molecule has 0 unspecified atom stereocenters. The number of rotatable bonds is 5. The van der Waals surface area contributed by atoms with Gasteiger partial charge in [-0.05, 0) is 25.0 Å². The first-order chi connectivity index (χ1) is 10.3. The molecule has 5 heteroatoms. The molecule has 1 aromatic carbocycles. The van der Waals surface area contributed by atoms with E-state index in [1.165, 1.54) is 0 Å². The van der Waals surface area contributed by atoms with Gasteiger partial charge in [0.2, 0.25) is 0 Å². The van der Waals surface area contributed by atoms with Crippen LogP contribution in [0, 0.1) is 17.8 Å². The molecule has 0 saturated carbocycles. The van der Waals surface area contributed by atoms with E-state index in [9.17, 15) is 18.0 Å². The number of unbranched alkanes of at least 4 members (excludes halogenated alkanes) is 1. The van der Waals surface area contributed by atoms with Gasteiger partial charge in [0.05, 0.1) is 0 Å². The van der Waals surface area contributed by atoms with Crippen LogP contribution in [0.15, 0.2) is 30.3 Å². The molecule has 0 aromatic heterocycles. The molecule has 0 fully saturated rings. The second kappa shape index (κ2) is 8.47. The average molecular weight is 312 g/mol. The standard InChI is InChI=1S/C17H19F3O2/c1-3-4-10-16(22-13(2)21)15(17(18,19)20)12-11-14-8-6-5-7-9-14/h5-9,15-16H,3-4,10H2,1-2H3/t15-,16-/m0/s1. The van der Waals surface area contributed by atoms with Crippen LogP contribution in [0.1, 0.15) is 38.7 Å². The van der Waals surface area contributed by atoms with Crippen LogP contribution in [-0.2, 0) is 9.53 Å². The Morgan fingerprint density at radius 1 is 1.27 bits per heavy atom. The molecule has 0 saturated heterocycles. The van der Waals surface area contributed by atoms with Crippen LogP contribution in [0.2, 0.25) is 0 Å². The largest absolute Gasteiger partial charge is 0.461 e. The van der Waals surface area contributed by atoms with Crippen LogP contribution in [-0.4, -0.2) is 18.2 Å². The zero-order valence-corrected chi connectivity index (χ0v) is 12.6. The maximum atomic E-state index is 13.3. The molecular weight excluding hydrogens is 293 g/mol. The fraction of sp³-hybridized carbons (Fsp3) is 0.471. The molecule has 1 aromatic rings. The smallest absolute Gasteiger partial charge is 0.406 e. The molecule has 2 atom stereocenters. The summed E-state index contributed by atoms with van der Waals surface area (Å²) in [4.78, 5) is 11.1. The first-order valence-corrected chi connectivity index (χ1v) is 7.15. The number of carbonyl (C=O) groups is 1. The number of benzene rings is 1. The van der Waals surface area contributed by atoms with E-state index in [-0.39, 0.29) is 6.42 Å². The van der Waals surface area contributed by atoms with Gasteiger partial charge in [0.1, 0.15) is 6.10 Å². The van der Waals surface area contributed by atoms with Crippen LogP contribution >= 0.6 is 0 Å². The van der Waals surface area contributed by atoms with E-state index in [4.69, 9.17) is 4.74 Å². The van der Waals surface area contributed by atoms with E-state index in [0.29, 0.717) is 18.4 Å². The van der Waals surface area contributed by atoms with Gasteiger partial charge in [-0.2, -0.15) is 13.2 Å². The summed E-state index contributed by atoms with van der Waals surface area (Å²) in [6.07, 6.45) is -4.42. The van der Waals surface area contributed by atoms with E-state index in [1.807, 2.05) is 6.92 Å². The lowest BCUT2D eigenvalue weighted by Gasteiger charge is -2.24. The molecule has 0 bridgehead atoms. The monoisotopic (exact) mass is 312 g/mol. The zero-order chi connectivity index (χ0) is 16.6. The molecular formula is C17H19F3O2. The minimum absolute atomic E-state index is 0.143. The predicted molar refractivity (Wildman–Crippen MR) is 77.9 cm³/mol. The van der Waals surface area contributed by atoms with Crippen molar-refractivity contribution in [2.75, 3.05) is 0 Å². The number of alkyl halides is 3. The second-order valence-corrected chi connectivity index (χ2v) is 4.94. The normalized spacial score (nSPS) is 13.7. The molecule has 22 heavy (non-hydrogen) atoms. The third-order valence-corrected chi connectivity index (χ3v) is 3.03. The van der Waals surface area contributed by atoms with Crippen molar-refractivity contribution in [3.8, 4) is 11.8 Å². The highest BCUT2D eigenvalue weighted by Gasteiger charge is 2.45. The summed E-state index contributed by atoms with van der Waals surface area (Å²) in [5.41, 5.74) is 0.494. The zero-order valence-electron chi connectivity index (χ0n) is 12.6. The van der Waals surface area contributed by atoms with Gasteiger partial charge in [-0.25, -0.2) is 0 Å². The van der Waals surface area contributed by atoms with E-state index in [1.54, 1.807) is 30.3 Å². The second-order valence-electron chi connectivity index (χ2n) is 4.94. The molecule has 0 amide bonds. The van der Waals surface area contributed by atoms with Crippen molar-refractivity contribution in [3.05, 3.63) is 35.9 Å². The van der Waals surface area contributed by atoms with Crippen molar-refractivity contribution in [1.82, 2.24) is 0 Å². The van der Waals surface area contributed by atoms with Crippen LogP contribution in [0.4, 0.5) is 13.2 Å².